The molecule has 9 heteroatoms. The first-order valence-electron chi connectivity index (χ1n) is 3.86. The summed E-state index contributed by atoms with van der Waals surface area (Å²) in [5.74, 6) is -5.42. The Balaban J connectivity index is 3.38. The molecule has 0 unspecified atom stereocenters. The molecule has 0 saturated carbocycles. The largest absolute Gasteiger partial charge is 0.474 e. The summed E-state index contributed by atoms with van der Waals surface area (Å²) in [6.45, 7) is 0. The van der Waals surface area contributed by atoms with Crippen molar-refractivity contribution in [1.82, 2.24) is 4.57 Å². The van der Waals surface area contributed by atoms with E-state index in [2.05, 4.69) is 0 Å². The van der Waals surface area contributed by atoms with Gasteiger partial charge in [-0.05, 0) is 0 Å². The number of hydrogen-bond donors (Lipinski definition) is 0. The molecule has 0 aliphatic carbocycles. The average Bonchev–Trinajstić information content (AvgIpc) is 2.46. The Morgan fingerprint density at radius 3 is 1.62 bits per heavy atom. The van der Waals surface area contributed by atoms with Gasteiger partial charge in [-0.3, -0.25) is 0 Å². The first-order chi connectivity index (χ1) is 7.00. The summed E-state index contributed by atoms with van der Waals surface area (Å²) in [6, 6.07) is 0. The Morgan fingerprint density at radius 1 is 0.938 bits per heavy atom. The van der Waals surface area contributed by atoms with E-state index in [0.717, 1.165) is 10.8 Å². The van der Waals surface area contributed by atoms with E-state index in [9.17, 15) is 30.7 Å². The Hall–Kier alpha value is -1.28. The fourth-order valence-corrected chi connectivity index (χ4v) is 1.09. The minimum atomic E-state index is -6.09. The molecule has 16 heavy (non-hydrogen) atoms. The Kier molecular flexibility index (Phi) is 2.68. The molecule has 0 aliphatic rings. The highest BCUT2D eigenvalue weighted by molar-refractivity contribution is 4.92. The molecule has 0 radical (unpaired) electrons. The maximum Gasteiger partial charge on any atom is 0.474 e. The molecule has 0 atom stereocenters. The summed E-state index contributed by atoms with van der Waals surface area (Å²) in [4.78, 5) is 0. The van der Waals surface area contributed by atoms with Crippen LogP contribution in [0.1, 0.15) is 0 Å². The lowest BCUT2D eigenvalue weighted by atomic mass is 10.2. The van der Waals surface area contributed by atoms with Crippen molar-refractivity contribution >= 4 is 0 Å². The maximum atomic E-state index is 13.3. The van der Waals surface area contributed by atoms with Crippen molar-refractivity contribution in [3.63, 3.8) is 0 Å². The van der Waals surface area contributed by atoms with Crippen molar-refractivity contribution in [1.29, 1.82) is 0 Å². The smallest absolute Gasteiger partial charge is 0.239 e. The van der Waals surface area contributed by atoms with Crippen molar-refractivity contribution < 1.29 is 35.3 Å². The predicted octanol–water partition coefficient (Wildman–Crippen LogP) is 2.06. The monoisotopic (exact) mass is 251 g/mol. The number of aromatic nitrogens is 2. The zero-order chi connectivity index (χ0) is 12.8. The highest BCUT2D eigenvalue weighted by atomic mass is 19.4. The minimum absolute atomic E-state index is 0.362. The predicted molar refractivity (Wildman–Crippen MR) is 36.8 cm³/mol. The van der Waals surface area contributed by atoms with Crippen LogP contribution in [0.5, 0.6) is 0 Å². The Morgan fingerprint density at radius 2 is 1.38 bits per heavy atom. The molecule has 0 aromatic carbocycles. The normalized spacial score (nSPS) is 14.2. The van der Waals surface area contributed by atoms with Crippen LogP contribution >= 0.6 is 0 Å². The van der Waals surface area contributed by atoms with E-state index in [1.165, 1.54) is 7.05 Å². The molecule has 0 spiro atoms. The van der Waals surface area contributed by atoms with Crippen molar-refractivity contribution in [2.24, 2.45) is 7.05 Å². The van der Waals surface area contributed by atoms with Gasteiger partial charge < -0.3 is 0 Å². The molecule has 1 heterocycles. The first-order valence-corrected chi connectivity index (χ1v) is 3.86. The van der Waals surface area contributed by atoms with Gasteiger partial charge >= 0.3 is 18.1 Å². The second kappa shape index (κ2) is 3.36. The van der Waals surface area contributed by atoms with E-state index in [1.807, 2.05) is 0 Å². The van der Waals surface area contributed by atoms with Crippen LogP contribution in [0, 0.1) is 0 Å². The van der Waals surface area contributed by atoms with Crippen LogP contribution in [0.2, 0.25) is 0 Å². The summed E-state index contributed by atoms with van der Waals surface area (Å²) in [6.07, 6.45) is -10.6. The average molecular weight is 251 g/mol. The maximum absolute atomic E-state index is 13.3. The van der Waals surface area contributed by atoms with E-state index >= 15 is 0 Å². The topological polar surface area (TPSA) is 8.81 Å². The molecular weight excluding hydrogens is 245 g/mol. The second-order valence-electron chi connectivity index (χ2n) is 3.10. The number of alkyl halides is 7. The highest BCUT2D eigenvalue weighted by Gasteiger charge is 2.78. The molecule has 1 rings (SSSR count). The third-order valence-electron chi connectivity index (χ3n) is 1.88. The number of aryl methyl sites for hydroxylation is 1. The lowest BCUT2D eigenvalue weighted by molar-refractivity contribution is -0.672. The van der Waals surface area contributed by atoms with Gasteiger partial charge in [0.05, 0.1) is 7.05 Å². The van der Waals surface area contributed by atoms with Gasteiger partial charge in [0.2, 0.25) is 6.33 Å². The fraction of sp³-hybridized carbons (Fsp3) is 0.571. The minimum Gasteiger partial charge on any atom is -0.239 e. The number of halogens is 7. The van der Waals surface area contributed by atoms with Crippen molar-refractivity contribution in [3.05, 3.63) is 18.7 Å². The summed E-state index contributed by atoms with van der Waals surface area (Å²) in [5.41, 5.74) is 0. The molecule has 0 amide bonds. The van der Waals surface area contributed by atoms with Gasteiger partial charge in [-0.2, -0.15) is 35.3 Å². The van der Waals surface area contributed by atoms with Crippen molar-refractivity contribution in [3.8, 4) is 0 Å². The van der Waals surface area contributed by atoms with Crippen molar-refractivity contribution in [2.75, 3.05) is 0 Å². The van der Waals surface area contributed by atoms with Gasteiger partial charge in [0.25, 0.3) is 0 Å². The van der Waals surface area contributed by atoms with E-state index in [0.29, 0.717) is 12.5 Å². The lowest BCUT2D eigenvalue weighted by Crippen LogP contribution is -2.54. The van der Waals surface area contributed by atoms with Crippen LogP contribution in [0.4, 0.5) is 30.7 Å². The van der Waals surface area contributed by atoms with Crippen LogP contribution in [0.25, 0.3) is 0 Å². The SMILES string of the molecule is C[n+]1ccn(C(F)(C(F)(F)F)C(F)(F)F)c1. The van der Waals surface area contributed by atoms with E-state index < -0.39 is 22.7 Å². The van der Waals surface area contributed by atoms with Gasteiger partial charge in [-0.15, -0.1) is 0 Å². The molecule has 1 aromatic rings. The van der Waals surface area contributed by atoms with Gasteiger partial charge in [-0.25, -0.2) is 4.57 Å². The number of imidazole rings is 1. The summed E-state index contributed by atoms with van der Waals surface area (Å²) in [5, 5.41) is 0. The molecule has 92 valence electrons. The van der Waals surface area contributed by atoms with Crippen LogP contribution in [-0.4, -0.2) is 16.9 Å². The zero-order valence-electron chi connectivity index (χ0n) is 7.77. The number of nitrogens with zero attached hydrogens (tertiary/aromatic N) is 2. The van der Waals surface area contributed by atoms with Gasteiger partial charge in [-0.1, -0.05) is 0 Å². The fourth-order valence-electron chi connectivity index (χ4n) is 1.09. The molecule has 0 N–H and O–H groups in total. The molecule has 0 fully saturated rings. The van der Waals surface area contributed by atoms with Crippen LogP contribution in [-0.2, 0) is 12.8 Å². The lowest BCUT2D eigenvalue weighted by Gasteiger charge is -2.26. The molecule has 0 saturated heterocycles. The Bertz CT molecular complexity index is 361. The molecule has 1 aromatic heterocycles. The summed E-state index contributed by atoms with van der Waals surface area (Å²) >= 11 is 0. The number of rotatable bonds is 1. The Labute approximate surface area is 84.9 Å². The number of hydrogen-bond acceptors (Lipinski definition) is 0. The molecule has 0 aliphatic heterocycles. The van der Waals surface area contributed by atoms with Crippen LogP contribution < -0.4 is 4.57 Å². The second-order valence-corrected chi connectivity index (χ2v) is 3.10. The molecule has 0 bridgehead atoms. The zero-order valence-corrected chi connectivity index (χ0v) is 7.77. The van der Waals surface area contributed by atoms with Crippen LogP contribution in [0.15, 0.2) is 18.7 Å². The molecular formula is C7H6F7N2+. The standard InChI is InChI=1S/C7H6F7N2/c1-15-2-3-16(4-15)5(8,6(9,10)11)7(12,13)14/h2-4H,1H3/q+1. The quantitative estimate of drug-likeness (QED) is 0.533. The molecule has 2 nitrogen and oxygen atoms in total. The van der Waals surface area contributed by atoms with Gasteiger partial charge in [0.15, 0.2) is 0 Å². The van der Waals surface area contributed by atoms with E-state index in [1.54, 1.807) is 0 Å². The van der Waals surface area contributed by atoms with Gasteiger partial charge in [0.1, 0.15) is 12.4 Å². The third kappa shape index (κ3) is 1.74. The van der Waals surface area contributed by atoms with Crippen molar-refractivity contribution in [2.45, 2.75) is 18.1 Å². The summed E-state index contributed by atoms with van der Waals surface area (Å²) in [7, 11) is 1.17. The first kappa shape index (κ1) is 12.8. The summed E-state index contributed by atoms with van der Waals surface area (Å²) < 4.78 is 86.6. The highest BCUT2D eigenvalue weighted by Crippen LogP contribution is 2.49. The van der Waals surface area contributed by atoms with E-state index in [4.69, 9.17) is 0 Å². The third-order valence-corrected chi connectivity index (χ3v) is 1.88. The van der Waals surface area contributed by atoms with E-state index in [-0.39, 0.29) is 0 Å². The van der Waals surface area contributed by atoms with Gasteiger partial charge in [0, 0.05) is 0 Å². The van der Waals surface area contributed by atoms with Crippen LogP contribution in [0.3, 0.4) is 0 Å².